The van der Waals surface area contributed by atoms with Crippen molar-refractivity contribution in [3.8, 4) is 0 Å². The van der Waals surface area contributed by atoms with Gasteiger partial charge in [0.25, 0.3) is 5.91 Å². The number of hydrogen-bond donors (Lipinski definition) is 1. The van der Waals surface area contributed by atoms with Gasteiger partial charge in [0.15, 0.2) is 0 Å². The molecule has 1 aromatic carbocycles. The third-order valence-corrected chi connectivity index (χ3v) is 3.12. The zero-order chi connectivity index (χ0) is 11.8. The number of primary amides is 1. The molecule has 1 amide bonds. The van der Waals surface area contributed by atoms with Crippen LogP contribution in [0.1, 0.15) is 23.2 Å². The van der Waals surface area contributed by atoms with E-state index in [0.29, 0.717) is 5.56 Å². The van der Waals surface area contributed by atoms with E-state index in [9.17, 15) is 4.79 Å². The van der Waals surface area contributed by atoms with E-state index in [1.54, 1.807) is 6.07 Å². The predicted octanol–water partition coefficient (Wildman–Crippen LogP) is 0.803. The molecule has 3 nitrogen and oxygen atoms in total. The normalized spacial score (nSPS) is 16.7. The summed E-state index contributed by atoms with van der Waals surface area (Å²) in [7, 11) is 0. The molecular weight excluding hydrogens is 212 g/mol. The monoisotopic (exact) mass is 224 g/mol. The molecule has 1 aliphatic heterocycles. The first-order chi connectivity index (χ1) is 8.27. The summed E-state index contributed by atoms with van der Waals surface area (Å²) >= 11 is 0. The third kappa shape index (κ3) is 1.51. The highest BCUT2D eigenvalue weighted by molar-refractivity contribution is 5.93. The quantitative estimate of drug-likeness (QED) is 0.753. The molecule has 17 heavy (non-hydrogen) atoms. The maximum absolute atomic E-state index is 11.4. The van der Waals surface area contributed by atoms with Gasteiger partial charge in [-0.05, 0) is 30.6 Å². The molecule has 0 fully saturated rings. The second-order valence-corrected chi connectivity index (χ2v) is 4.18. The van der Waals surface area contributed by atoms with Gasteiger partial charge in [-0.3, -0.25) is 4.79 Å². The van der Waals surface area contributed by atoms with Gasteiger partial charge < -0.3 is 5.73 Å². The molecule has 3 heteroatoms. The van der Waals surface area contributed by atoms with E-state index in [1.165, 1.54) is 5.57 Å². The van der Waals surface area contributed by atoms with Crippen LogP contribution in [0.3, 0.4) is 0 Å². The smallest absolute Gasteiger partial charge is 0.250 e. The largest absolute Gasteiger partial charge is 0.366 e. The maximum Gasteiger partial charge on any atom is 0.250 e. The fraction of sp³-hybridized carbons (Fsp3) is 0.143. The summed E-state index contributed by atoms with van der Waals surface area (Å²) < 4.78 is 0. The second-order valence-electron chi connectivity index (χ2n) is 4.18. The highest BCUT2D eigenvalue weighted by Crippen LogP contribution is 2.22. The number of rotatable bonds is 1. The van der Waals surface area contributed by atoms with Crippen molar-refractivity contribution in [2.45, 2.75) is 12.8 Å². The van der Waals surface area contributed by atoms with Crippen molar-refractivity contribution in [3.05, 3.63) is 58.3 Å². The van der Waals surface area contributed by atoms with Crippen molar-refractivity contribution in [2.24, 2.45) is 10.7 Å². The lowest BCUT2D eigenvalue weighted by Crippen LogP contribution is -2.32. The van der Waals surface area contributed by atoms with Crippen LogP contribution < -0.4 is 16.3 Å². The fourth-order valence-electron chi connectivity index (χ4n) is 2.32. The summed E-state index contributed by atoms with van der Waals surface area (Å²) in [6.45, 7) is 0. The van der Waals surface area contributed by atoms with Crippen LogP contribution in [0.2, 0.25) is 0 Å². The van der Waals surface area contributed by atoms with Crippen LogP contribution in [0.5, 0.6) is 0 Å². The molecule has 0 saturated carbocycles. The van der Waals surface area contributed by atoms with Crippen molar-refractivity contribution >= 4 is 11.5 Å². The van der Waals surface area contributed by atoms with Crippen LogP contribution in [0, 0.1) is 0 Å². The first-order valence-corrected chi connectivity index (χ1v) is 5.65. The molecule has 3 rings (SSSR count). The van der Waals surface area contributed by atoms with E-state index in [1.807, 2.05) is 24.3 Å². The van der Waals surface area contributed by atoms with Gasteiger partial charge in [0.2, 0.25) is 0 Å². The Hall–Kier alpha value is -2.16. The molecule has 0 bridgehead atoms. The Morgan fingerprint density at radius 1 is 1.35 bits per heavy atom. The molecule has 2 N–H and O–H groups in total. The number of amides is 1. The number of nitrogens with two attached hydrogens (primary N) is 1. The molecule has 0 unspecified atom stereocenters. The summed E-state index contributed by atoms with van der Waals surface area (Å²) in [5.41, 5.74) is 8.05. The lowest BCUT2D eigenvalue weighted by atomic mass is 10.1. The molecule has 1 aliphatic carbocycles. The van der Waals surface area contributed by atoms with Gasteiger partial charge in [0.05, 0.1) is 16.6 Å². The van der Waals surface area contributed by atoms with Crippen LogP contribution in [-0.2, 0) is 0 Å². The highest BCUT2D eigenvalue weighted by atomic mass is 16.1. The van der Waals surface area contributed by atoms with Gasteiger partial charge in [-0.2, -0.15) is 0 Å². The Balaban J connectivity index is 2.38. The number of fused-ring (bicyclic) bond motifs is 2. The molecule has 84 valence electrons. The number of carbonyl (C=O) groups is 1. The van der Waals surface area contributed by atoms with E-state index in [0.717, 1.165) is 29.1 Å². The second kappa shape index (κ2) is 3.70. The van der Waals surface area contributed by atoms with E-state index in [-0.39, 0.29) is 0 Å². The Kier molecular flexibility index (Phi) is 2.18. The summed E-state index contributed by atoms with van der Waals surface area (Å²) in [5, 5.41) is 1.79. The van der Waals surface area contributed by atoms with Crippen molar-refractivity contribution in [1.82, 2.24) is 0 Å². The summed E-state index contributed by atoms with van der Waals surface area (Å²) in [6.07, 6.45) is 8.10. The number of benzene rings is 1. The lowest BCUT2D eigenvalue weighted by Gasteiger charge is -1.98. The summed E-state index contributed by atoms with van der Waals surface area (Å²) in [6, 6.07) is 5.60. The van der Waals surface area contributed by atoms with Crippen molar-refractivity contribution < 1.29 is 4.79 Å². The zero-order valence-corrected chi connectivity index (χ0v) is 9.31. The summed E-state index contributed by atoms with van der Waals surface area (Å²) in [4.78, 5) is 15.9. The fourth-order valence-corrected chi connectivity index (χ4v) is 2.32. The van der Waals surface area contributed by atoms with Gasteiger partial charge in [0, 0.05) is 5.22 Å². The Morgan fingerprint density at radius 3 is 3.06 bits per heavy atom. The van der Waals surface area contributed by atoms with Gasteiger partial charge in [-0.1, -0.05) is 24.3 Å². The van der Waals surface area contributed by atoms with E-state index < -0.39 is 5.91 Å². The molecule has 1 aromatic rings. The van der Waals surface area contributed by atoms with Crippen LogP contribution >= 0.6 is 0 Å². The standard InChI is InChI=1S/C14H12N2O/c15-14(17)11-7-4-6-10-9-5-2-1-3-8-12(9)16-13(10)11/h1,3-4,6-8H,2,5H2,(H2,15,17). The molecule has 1 heterocycles. The van der Waals surface area contributed by atoms with Crippen LogP contribution in [0.25, 0.3) is 5.57 Å². The molecule has 0 atom stereocenters. The minimum atomic E-state index is -0.418. The van der Waals surface area contributed by atoms with Gasteiger partial charge in [-0.25, -0.2) is 4.99 Å². The van der Waals surface area contributed by atoms with Gasteiger partial charge in [0.1, 0.15) is 0 Å². The van der Waals surface area contributed by atoms with E-state index in [4.69, 9.17) is 5.73 Å². The minimum absolute atomic E-state index is 0.418. The average Bonchev–Trinajstić information content (AvgIpc) is 2.52. The van der Waals surface area contributed by atoms with Crippen molar-refractivity contribution in [3.63, 3.8) is 0 Å². The number of para-hydroxylation sites is 1. The topological polar surface area (TPSA) is 55.5 Å². The Morgan fingerprint density at radius 2 is 2.24 bits per heavy atom. The SMILES string of the molecule is NC(=O)c1cccc2c1=NC1=CC=CCCC=21. The number of nitrogens with zero attached hydrogens (tertiary/aromatic N) is 1. The lowest BCUT2D eigenvalue weighted by molar-refractivity contribution is 0.0999. The average molecular weight is 224 g/mol. The third-order valence-electron chi connectivity index (χ3n) is 3.12. The number of hydrogen-bond acceptors (Lipinski definition) is 2. The van der Waals surface area contributed by atoms with Crippen molar-refractivity contribution in [2.75, 3.05) is 0 Å². The highest BCUT2D eigenvalue weighted by Gasteiger charge is 2.16. The molecule has 2 aliphatic rings. The van der Waals surface area contributed by atoms with Crippen LogP contribution in [0.15, 0.2) is 47.1 Å². The summed E-state index contributed by atoms with van der Waals surface area (Å²) in [5.74, 6) is -0.418. The van der Waals surface area contributed by atoms with Crippen molar-refractivity contribution in [1.29, 1.82) is 0 Å². The molecule has 0 radical (unpaired) electrons. The van der Waals surface area contributed by atoms with E-state index in [2.05, 4.69) is 11.1 Å². The number of allylic oxidation sites excluding steroid dienone is 4. The first kappa shape index (κ1) is 10.0. The zero-order valence-electron chi connectivity index (χ0n) is 9.31. The van der Waals surface area contributed by atoms with Gasteiger partial charge in [-0.15, -0.1) is 0 Å². The van der Waals surface area contributed by atoms with Gasteiger partial charge >= 0.3 is 0 Å². The minimum Gasteiger partial charge on any atom is -0.366 e. The number of carbonyl (C=O) groups excluding carboxylic acids is 1. The predicted molar refractivity (Wildman–Crippen MR) is 65.6 cm³/mol. The Labute approximate surface area is 98.7 Å². The Bertz CT molecular complexity index is 681. The first-order valence-electron chi connectivity index (χ1n) is 5.65. The molecule has 0 spiro atoms. The van der Waals surface area contributed by atoms with Crippen LogP contribution in [0.4, 0.5) is 0 Å². The van der Waals surface area contributed by atoms with Crippen LogP contribution in [-0.4, -0.2) is 5.91 Å². The molecule has 0 aromatic heterocycles. The maximum atomic E-state index is 11.4. The van der Waals surface area contributed by atoms with E-state index >= 15 is 0 Å². The molecular formula is C14H12N2O. The molecule has 0 saturated heterocycles.